The van der Waals surface area contributed by atoms with Gasteiger partial charge in [-0.25, -0.2) is 4.98 Å². The summed E-state index contributed by atoms with van der Waals surface area (Å²) in [6.07, 6.45) is 2.24. The van der Waals surface area contributed by atoms with Crippen LogP contribution in [0.2, 0.25) is 0 Å². The van der Waals surface area contributed by atoms with E-state index in [1.165, 1.54) is 11.8 Å². The molecule has 0 aliphatic heterocycles. The highest BCUT2D eigenvalue weighted by molar-refractivity contribution is 7.98. The molecule has 0 spiro atoms. The van der Waals surface area contributed by atoms with Gasteiger partial charge in [-0.05, 0) is 49.2 Å². The predicted molar refractivity (Wildman–Crippen MR) is 110 cm³/mol. The highest BCUT2D eigenvalue weighted by atomic mass is 32.2. The van der Waals surface area contributed by atoms with Crippen LogP contribution in [0.15, 0.2) is 63.0 Å². The monoisotopic (exact) mass is 406 g/mol. The molecule has 0 saturated heterocycles. The van der Waals surface area contributed by atoms with E-state index in [-0.39, 0.29) is 5.56 Å². The van der Waals surface area contributed by atoms with Gasteiger partial charge in [0.1, 0.15) is 5.75 Å². The first-order valence-electron chi connectivity index (χ1n) is 9.34. The number of benzene rings is 2. The van der Waals surface area contributed by atoms with E-state index in [1.807, 2.05) is 42.5 Å². The molecule has 0 N–H and O–H groups in total. The maximum absolute atomic E-state index is 13.2. The van der Waals surface area contributed by atoms with Gasteiger partial charge >= 0.3 is 0 Å². The second kappa shape index (κ2) is 7.36. The van der Waals surface area contributed by atoms with Gasteiger partial charge in [0.15, 0.2) is 11.0 Å². The van der Waals surface area contributed by atoms with Crippen molar-refractivity contribution in [2.45, 2.75) is 29.7 Å². The molecule has 0 amide bonds. The van der Waals surface area contributed by atoms with Crippen molar-refractivity contribution < 1.29 is 9.26 Å². The molecule has 0 atom stereocenters. The lowest BCUT2D eigenvalue weighted by Gasteiger charge is -2.13. The predicted octanol–water partition coefficient (Wildman–Crippen LogP) is 3.95. The van der Waals surface area contributed by atoms with Crippen LogP contribution in [-0.4, -0.2) is 26.8 Å². The number of fused-ring (bicyclic) bond motifs is 1. The Balaban J connectivity index is 1.55. The summed E-state index contributed by atoms with van der Waals surface area (Å²) in [5, 5.41) is 5.20. The Hall–Kier alpha value is -3.13. The molecule has 5 rings (SSSR count). The number of thioether (sulfide) groups is 1. The van der Waals surface area contributed by atoms with Gasteiger partial charge in [-0.15, -0.1) is 0 Å². The first-order valence-corrected chi connectivity index (χ1v) is 10.3. The standard InChI is InChI=1S/C21H18N4O3S/c1-27-15-10-8-14(9-11-15)25-20(26)16-4-2-3-5-17(16)22-21(25)29-12-18-23-19(24-28-18)13-6-7-13/h2-5,8-11,13H,6-7,12H2,1H3. The molecular formula is C21H18N4O3S. The van der Waals surface area contributed by atoms with Crippen molar-refractivity contribution in [1.82, 2.24) is 19.7 Å². The number of nitrogens with zero attached hydrogens (tertiary/aromatic N) is 4. The quantitative estimate of drug-likeness (QED) is 0.354. The Morgan fingerprint density at radius 3 is 2.69 bits per heavy atom. The molecule has 146 valence electrons. The van der Waals surface area contributed by atoms with Crippen molar-refractivity contribution in [1.29, 1.82) is 0 Å². The SMILES string of the molecule is COc1ccc(-n2c(SCc3nc(C4CC4)no3)nc3ccccc3c2=O)cc1. The number of methoxy groups -OCH3 is 1. The molecule has 1 aliphatic rings. The summed E-state index contributed by atoms with van der Waals surface area (Å²) in [6, 6.07) is 14.7. The van der Waals surface area contributed by atoms with E-state index in [9.17, 15) is 4.79 Å². The normalized spacial score (nSPS) is 13.7. The molecule has 1 saturated carbocycles. The largest absolute Gasteiger partial charge is 0.497 e. The Kier molecular flexibility index (Phi) is 4.55. The van der Waals surface area contributed by atoms with Gasteiger partial charge in [0.25, 0.3) is 5.56 Å². The van der Waals surface area contributed by atoms with Crippen molar-refractivity contribution in [2.24, 2.45) is 0 Å². The second-order valence-corrected chi connectivity index (χ2v) is 7.80. The van der Waals surface area contributed by atoms with Crippen LogP contribution in [0.4, 0.5) is 0 Å². The molecule has 1 fully saturated rings. The van der Waals surface area contributed by atoms with Crippen molar-refractivity contribution in [3.05, 3.63) is 70.6 Å². The molecule has 2 aromatic carbocycles. The molecule has 0 unspecified atom stereocenters. The minimum atomic E-state index is -0.118. The lowest BCUT2D eigenvalue weighted by molar-refractivity contribution is 0.385. The third-order valence-electron chi connectivity index (χ3n) is 4.83. The summed E-state index contributed by atoms with van der Waals surface area (Å²) in [5.74, 6) is 2.93. The van der Waals surface area contributed by atoms with E-state index in [4.69, 9.17) is 14.2 Å². The van der Waals surface area contributed by atoms with E-state index in [1.54, 1.807) is 17.7 Å². The van der Waals surface area contributed by atoms with E-state index >= 15 is 0 Å². The molecule has 1 aliphatic carbocycles. The maximum Gasteiger partial charge on any atom is 0.266 e. The minimum absolute atomic E-state index is 0.118. The van der Waals surface area contributed by atoms with Crippen LogP contribution in [0.1, 0.15) is 30.5 Å². The Bertz CT molecular complexity index is 1230. The fraction of sp³-hybridized carbons (Fsp3) is 0.238. The van der Waals surface area contributed by atoms with Gasteiger partial charge in [-0.1, -0.05) is 29.1 Å². The zero-order valence-electron chi connectivity index (χ0n) is 15.7. The van der Waals surface area contributed by atoms with Gasteiger partial charge in [0, 0.05) is 5.92 Å². The van der Waals surface area contributed by atoms with E-state index in [0.29, 0.717) is 33.6 Å². The summed E-state index contributed by atoms with van der Waals surface area (Å²) in [6.45, 7) is 0. The van der Waals surface area contributed by atoms with Crippen LogP contribution in [0, 0.1) is 0 Å². The van der Waals surface area contributed by atoms with Crippen molar-refractivity contribution in [2.75, 3.05) is 7.11 Å². The van der Waals surface area contributed by atoms with Gasteiger partial charge in [0.2, 0.25) is 5.89 Å². The first kappa shape index (κ1) is 17.9. The number of hydrogen-bond donors (Lipinski definition) is 0. The number of ether oxygens (including phenoxy) is 1. The molecule has 2 heterocycles. The zero-order chi connectivity index (χ0) is 19.8. The molecule has 0 bridgehead atoms. The van der Waals surface area contributed by atoms with Crippen LogP contribution >= 0.6 is 11.8 Å². The number of rotatable bonds is 6. The molecule has 0 radical (unpaired) electrons. The van der Waals surface area contributed by atoms with E-state index in [0.717, 1.165) is 30.1 Å². The molecule has 2 aromatic heterocycles. The smallest absolute Gasteiger partial charge is 0.266 e. The molecule has 29 heavy (non-hydrogen) atoms. The van der Waals surface area contributed by atoms with Crippen LogP contribution in [0.25, 0.3) is 16.6 Å². The summed E-state index contributed by atoms with van der Waals surface area (Å²) >= 11 is 1.40. The summed E-state index contributed by atoms with van der Waals surface area (Å²) in [5.41, 5.74) is 1.27. The van der Waals surface area contributed by atoms with Gasteiger partial charge in [0.05, 0.1) is 29.5 Å². The van der Waals surface area contributed by atoms with Crippen molar-refractivity contribution in [3.63, 3.8) is 0 Å². The summed E-state index contributed by atoms with van der Waals surface area (Å²) in [7, 11) is 1.61. The van der Waals surface area contributed by atoms with Gasteiger partial charge in [-0.3, -0.25) is 9.36 Å². The molecular weight excluding hydrogens is 388 g/mol. The van der Waals surface area contributed by atoms with Crippen molar-refractivity contribution >= 4 is 22.7 Å². The molecule has 7 nitrogen and oxygen atoms in total. The molecule has 8 heteroatoms. The van der Waals surface area contributed by atoms with Crippen LogP contribution in [-0.2, 0) is 5.75 Å². The Labute approximate surface area is 170 Å². The fourth-order valence-electron chi connectivity index (χ4n) is 3.13. The van der Waals surface area contributed by atoms with Gasteiger partial charge < -0.3 is 9.26 Å². The highest BCUT2D eigenvalue weighted by Crippen LogP contribution is 2.38. The fourth-order valence-corrected chi connectivity index (χ4v) is 3.98. The lowest BCUT2D eigenvalue weighted by atomic mass is 10.2. The third kappa shape index (κ3) is 3.51. The van der Waals surface area contributed by atoms with Crippen LogP contribution < -0.4 is 10.3 Å². The number of hydrogen-bond acceptors (Lipinski definition) is 7. The Morgan fingerprint density at radius 1 is 1.14 bits per heavy atom. The summed E-state index contributed by atoms with van der Waals surface area (Å²) in [4.78, 5) is 22.4. The van der Waals surface area contributed by atoms with Crippen LogP contribution in [0.3, 0.4) is 0 Å². The summed E-state index contributed by atoms with van der Waals surface area (Å²) < 4.78 is 12.2. The highest BCUT2D eigenvalue weighted by Gasteiger charge is 2.28. The average molecular weight is 406 g/mol. The lowest BCUT2D eigenvalue weighted by Crippen LogP contribution is -2.21. The minimum Gasteiger partial charge on any atom is -0.497 e. The van der Waals surface area contributed by atoms with E-state index < -0.39 is 0 Å². The van der Waals surface area contributed by atoms with Crippen molar-refractivity contribution in [3.8, 4) is 11.4 Å². The number of aromatic nitrogens is 4. The van der Waals surface area contributed by atoms with Crippen LogP contribution in [0.5, 0.6) is 5.75 Å². The van der Waals surface area contributed by atoms with Gasteiger partial charge in [-0.2, -0.15) is 4.98 Å². The third-order valence-corrected chi connectivity index (χ3v) is 5.75. The number of para-hydroxylation sites is 1. The first-order chi connectivity index (χ1) is 14.2. The Morgan fingerprint density at radius 2 is 1.93 bits per heavy atom. The zero-order valence-corrected chi connectivity index (χ0v) is 16.6. The van der Waals surface area contributed by atoms with E-state index in [2.05, 4.69) is 10.1 Å². The molecule has 4 aromatic rings. The second-order valence-electron chi connectivity index (χ2n) is 6.86. The average Bonchev–Trinajstić information content (AvgIpc) is 3.50. The maximum atomic E-state index is 13.2. The topological polar surface area (TPSA) is 83.0 Å².